The number of rotatable bonds is 4. The van der Waals surface area contributed by atoms with Gasteiger partial charge < -0.3 is 9.31 Å². The van der Waals surface area contributed by atoms with Crippen LogP contribution in [0.5, 0.6) is 0 Å². The van der Waals surface area contributed by atoms with Crippen LogP contribution in [-0.4, -0.2) is 39.5 Å². The van der Waals surface area contributed by atoms with Gasteiger partial charge in [-0.3, -0.25) is 0 Å². The Hall–Kier alpha value is -0.435. The number of halogens is 1. The van der Waals surface area contributed by atoms with E-state index < -0.39 is 28.3 Å². The molecule has 2 fully saturated rings. The second-order valence-corrected chi connectivity index (χ2v) is 8.77. The van der Waals surface area contributed by atoms with Gasteiger partial charge in [0.15, 0.2) is 0 Å². The molecule has 0 aromatic heterocycles. The van der Waals surface area contributed by atoms with Gasteiger partial charge in [0.05, 0.1) is 17.5 Å². The van der Waals surface area contributed by atoms with Crippen molar-refractivity contribution >= 4 is 17.1 Å². The first kappa shape index (κ1) is 16.9. The van der Waals surface area contributed by atoms with Crippen molar-refractivity contribution in [3.8, 4) is 0 Å². The topological polar surface area (TPSA) is 64.6 Å². The summed E-state index contributed by atoms with van der Waals surface area (Å²) in [6.45, 7) is 7.86. The Morgan fingerprint density at radius 3 is 2.19 bits per heavy atom. The largest absolute Gasteiger partial charge is 0.525 e. The Balaban J connectivity index is 1.93. The van der Waals surface area contributed by atoms with Gasteiger partial charge in [-0.25, -0.2) is 17.5 Å². The first-order valence-corrected chi connectivity index (χ1v) is 8.98. The van der Waals surface area contributed by atoms with Gasteiger partial charge >= 0.3 is 7.12 Å². The standard InChI is InChI=1S/C13H23BFNO4S/c1-12(2)13(3,4)20-14(19-12)11(15)10-6-9(7-10)8-16-21(5,17)18/h9,16H,6-8H2,1-5H3. The van der Waals surface area contributed by atoms with Crippen molar-refractivity contribution in [1.29, 1.82) is 0 Å². The molecule has 0 radical (unpaired) electrons. The predicted molar refractivity (Wildman–Crippen MR) is 79.8 cm³/mol. The molecule has 2 aliphatic rings. The molecule has 8 heteroatoms. The molecule has 1 aliphatic heterocycles. The lowest BCUT2D eigenvalue weighted by Crippen LogP contribution is -2.41. The summed E-state index contributed by atoms with van der Waals surface area (Å²) in [5, 5.41) is 0. The van der Waals surface area contributed by atoms with Gasteiger partial charge in [-0.2, -0.15) is 0 Å². The number of hydrogen-bond acceptors (Lipinski definition) is 4. The Morgan fingerprint density at radius 1 is 1.29 bits per heavy atom. The van der Waals surface area contributed by atoms with Crippen LogP contribution >= 0.6 is 0 Å². The van der Waals surface area contributed by atoms with Gasteiger partial charge in [0.1, 0.15) is 5.73 Å². The summed E-state index contributed by atoms with van der Waals surface area (Å²) in [7, 11) is -4.14. The van der Waals surface area contributed by atoms with Gasteiger partial charge in [-0.15, -0.1) is 0 Å². The van der Waals surface area contributed by atoms with Gasteiger partial charge in [-0.05, 0) is 52.0 Å². The number of nitrogens with one attached hydrogen (secondary N) is 1. The average molecular weight is 319 g/mol. The fourth-order valence-electron chi connectivity index (χ4n) is 2.36. The SMILES string of the molecule is CC1(C)OB(C(F)=C2CC(CNS(C)(=O)=O)C2)OC1(C)C. The van der Waals surface area contributed by atoms with Crippen molar-refractivity contribution in [3.63, 3.8) is 0 Å². The predicted octanol–water partition coefficient (Wildman–Crippen LogP) is 1.80. The van der Waals surface area contributed by atoms with Crippen molar-refractivity contribution in [1.82, 2.24) is 4.72 Å². The maximum atomic E-state index is 14.4. The van der Waals surface area contributed by atoms with Crippen molar-refractivity contribution in [2.45, 2.75) is 51.7 Å². The Kier molecular flexibility index (Phi) is 4.30. The van der Waals surface area contributed by atoms with Crippen LogP contribution in [-0.2, 0) is 19.3 Å². The van der Waals surface area contributed by atoms with Crippen molar-refractivity contribution in [3.05, 3.63) is 11.3 Å². The van der Waals surface area contributed by atoms with E-state index in [0.717, 1.165) is 6.26 Å². The van der Waals surface area contributed by atoms with E-state index in [1.54, 1.807) is 0 Å². The van der Waals surface area contributed by atoms with E-state index in [9.17, 15) is 12.8 Å². The first-order valence-electron chi connectivity index (χ1n) is 7.09. The molecule has 0 aromatic carbocycles. The minimum absolute atomic E-state index is 0.142. The second kappa shape index (κ2) is 5.33. The van der Waals surface area contributed by atoms with Crippen LogP contribution < -0.4 is 4.72 Å². The summed E-state index contributed by atoms with van der Waals surface area (Å²) in [6.07, 6.45) is 2.20. The highest BCUT2D eigenvalue weighted by Crippen LogP contribution is 2.42. The monoisotopic (exact) mass is 319 g/mol. The van der Waals surface area contributed by atoms with Crippen LogP contribution in [0.4, 0.5) is 4.39 Å². The lowest BCUT2D eigenvalue weighted by atomic mass is 9.72. The molecule has 0 atom stereocenters. The molecule has 21 heavy (non-hydrogen) atoms. The van der Waals surface area contributed by atoms with Crippen molar-refractivity contribution in [2.24, 2.45) is 5.92 Å². The zero-order valence-corrected chi connectivity index (χ0v) is 14.0. The maximum absolute atomic E-state index is 14.4. The summed E-state index contributed by atoms with van der Waals surface area (Å²) in [4.78, 5) is 0. The average Bonchev–Trinajstić information content (AvgIpc) is 2.44. The summed E-state index contributed by atoms with van der Waals surface area (Å²) in [5.74, 6) is 0.142. The third-order valence-corrected chi connectivity index (χ3v) is 5.19. The molecular weight excluding hydrogens is 296 g/mol. The van der Waals surface area contributed by atoms with E-state index in [1.165, 1.54) is 0 Å². The van der Waals surface area contributed by atoms with E-state index >= 15 is 0 Å². The molecule has 0 bridgehead atoms. The molecule has 1 saturated carbocycles. The lowest BCUT2D eigenvalue weighted by molar-refractivity contribution is 0.00578. The third kappa shape index (κ3) is 3.67. The molecule has 120 valence electrons. The Morgan fingerprint density at radius 2 is 1.76 bits per heavy atom. The van der Waals surface area contributed by atoms with E-state index in [-0.39, 0.29) is 11.6 Å². The molecule has 1 aliphatic carbocycles. The van der Waals surface area contributed by atoms with E-state index in [0.29, 0.717) is 25.0 Å². The molecule has 5 nitrogen and oxygen atoms in total. The van der Waals surface area contributed by atoms with Crippen LogP contribution in [0, 0.1) is 5.92 Å². The molecule has 0 amide bonds. The quantitative estimate of drug-likeness (QED) is 0.803. The van der Waals surface area contributed by atoms with E-state index in [2.05, 4.69) is 4.72 Å². The van der Waals surface area contributed by atoms with Crippen molar-refractivity contribution in [2.75, 3.05) is 12.8 Å². The molecule has 0 unspecified atom stereocenters. The zero-order chi connectivity index (χ0) is 16.1. The highest BCUT2D eigenvalue weighted by atomic mass is 32.2. The smallest absolute Gasteiger partial charge is 0.398 e. The number of allylic oxidation sites excluding steroid dienone is 1. The highest BCUT2D eigenvalue weighted by molar-refractivity contribution is 7.88. The summed E-state index contributed by atoms with van der Waals surface area (Å²) in [6, 6.07) is 0. The summed E-state index contributed by atoms with van der Waals surface area (Å²) >= 11 is 0. The van der Waals surface area contributed by atoms with Gasteiger partial charge in [0.2, 0.25) is 10.0 Å². The second-order valence-electron chi connectivity index (χ2n) is 6.93. The molecule has 2 rings (SSSR count). The molecule has 1 saturated heterocycles. The van der Waals surface area contributed by atoms with Gasteiger partial charge in [-0.1, -0.05) is 0 Å². The van der Waals surface area contributed by atoms with E-state index in [1.807, 2.05) is 27.7 Å². The first-order chi connectivity index (χ1) is 9.41. The third-order valence-electron chi connectivity index (χ3n) is 4.50. The van der Waals surface area contributed by atoms with Crippen LogP contribution in [0.3, 0.4) is 0 Å². The van der Waals surface area contributed by atoms with Crippen molar-refractivity contribution < 1.29 is 22.1 Å². The lowest BCUT2D eigenvalue weighted by Gasteiger charge is -2.32. The Bertz CT molecular complexity index is 535. The maximum Gasteiger partial charge on any atom is 0.525 e. The fraction of sp³-hybridized carbons (Fsp3) is 0.846. The summed E-state index contributed by atoms with van der Waals surface area (Å²) in [5.41, 5.74) is -0.814. The molecule has 0 aromatic rings. The van der Waals surface area contributed by atoms with E-state index in [4.69, 9.17) is 9.31 Å². The normalized spacial score (nSPS) is 27.6. The molecule has 1 N–H and O–H groups in total. The fourth-order valence-corrected chi connectivity index (χ4v) is 2.90. The minimum atomic E-state index is -3.19. The van der Waals surface area contributed by atoms with Crippen LogP contribution in [0.25, 0.3) is 0 Å². The highest BCUT2D eigenvalue weighted by Gasteiger charge is 2.54. The van der Waals surface area contributed by atoms with Crippen LogP contribution in [0.1, 0.15) is 40.5 Å². The van der Waals surface area contributed by atoms with Crippen LogP contribution in [0.2, 0.25) is 0 Å². The Labute approximate surface area is 126 Å². The van der Waals surface area contributed by atoms with Crippen LogP contribution in [0.15, 0.2) is 11.3 Å². The summed E-state index contributed by atoms with van der Waals surface area (Å²) < 4.78 is 50.2. The molecule has 0 spiro atoms. The number of sulfonamides is 1. The molecular formula is C13H23BFNO4S. The number of hydrogen-bond donors (Lipinski definition) is 1. The molecule has 1 heterocycles. The van der Waals surface area contributed by atoms with Gasteiger partial charge in [0, 0.05) is 6.54 Å². The minimum Gasteiger partial charge on any atom is -0.398 e. The van der Waals surface area contributed by atoms with Gasteiger partial charge in [0.25, 0.3) is 0 Å². The zero-order valence-electron chi connectivity index (χ0n) is 13.2.